The van der Waals surface area contributed by atoms with Crippen LogP contribution in [0.5, 0.6) is 11.8 Å². The highest BCUT2D eigenvalue weighted by atomic mass is 35.5. The molecule has 2 fully saturated rings. The van der Waals surface area contributed by atoms with Gasteiger partial charge in [-0.2, -0.15) is 4.98 Å². The summed E-state index contributed by atoms with van der Waals surface area (Å²) in [5.74, 6) is 2.79. The van der Waals surface area contributed by atoms with Crippen molar-refractivity contribution in [2.45, 2.75) is 46.2 Å². The first-order chi connectivity index (χ1) is 16.4. The van der Waals surface area contributed by atoms with Crippen molar-refractivity contribution in [2.75, 3.05) is 23.3 Å². The van der Waals surface area contributed by atoms with E-state index in [1.54, 1.807) is 11.0 Å². The molecule has 0 amide bonds. The average Bonchev–Trinajstić information content (AvgIpc) is 3.24. The molecule has 2 atom stereocenters. The molecule has 0 radical (unpaired) electrons. The first-order valence-corrected chi connectivity index (χ1v) is 12.1. The number of anilines is 2. The van der Waals surface area contributed by atoms with Gasteiger partial charge in [-0.3, -0.25) is 0 Å². The predicted molar refractivity (Wildman–Crippen MR) is 129 cm³/mol. The van der Waals surface area contributed by atoms with Crippen LogP contribution in [0, 0.1) is 30.5 Å². The number of fused-ring (bicyclic) bond motifs is 2. The fourth-order valence-corrected chi connectivity index (χ4v) is 5.15. The van der Waals surface area contributed by atoms with Gasteiger partial charge in [0, 0.05) is 43.5 Å². The number of nitrogens with zero attached hydrogens (tertiary/aromatic N) is 6. The first kappa shape index (κ1) is 22.8. The molecule has 8 nitrogen and oxygen atoms in total. The molecule has 3 heterocycles. The molecule has 1 aromatic carbocycles. The molecule has 1 saturated heterocycles. The van der Waals surface area contributed by atoms with Crippen molar-refractivity contribution < 1.29 is 9.13 Å². The van der Waals surface area contributed by atoms with Crippen LogP contribution in [0.2, 0.25) is 5.02 Å². The normalized spacial score (nSPS) is 21.8. The Morgan fingerprint density at radius 1 is 1.18 bits per heavy atom. The van der Waals surface area contributed by atoms with Gasteiger partial charge in [0.2, 0.25) is 5.95 Å². The second-order valence-corrected chi connectivity index (χ2v) is 10.1. The summed E-state index contributed by atoms with van der Waals surface area (Å²) in [4.78, 5) is 15.7. The SMILES string of the molecule is Cc1cc(N2CC3CCC(C2)C3Nc2nc(Oc3ccc(F)c(Cl)c3)n(CC(C)C)n2)ncn1. The summed E-state index contributed by atoms with van der Waals surface area (Å²) in [5.41, 5.74) is 0.979. The highest BCUT2D eigenvalue weighted by molar-refractivity contribution is 6.30. The Labute approximate surface area is 203 Å². The Morgan fingerprint density at radius 2 is 1.94 bits per heavy atom. The van der Waals surface area contributed by atoms with Gasteiger partial charge >= 0.3 is 6.01 Å². The van der Waals surface area contributed by atoms with Crippen LogP contribution in [0.4, 0.5) is 16.2 Å². The van der Waals surface area contributed by atoms with Crippen LogP contribution in [-0.2, 0) is 6.54 Å². The van der Waals surface area contributed by atoms with Gasteiger partial charge < -0.3 is 15.0 Å². The van der Waals surface area contributed by atoms with Gasteiger partial charge in [0.15, 0.2) is 0 Å². The molecule has 0 spiro atoms. The molecule has 180 valence electrons. The maximum atomic E-state index is 13.5. The zero-order valence-electron chi connectivity index (χ0n) is 19.6. The third-order valence-electron chi connectivity index (χ3n) is 6.52. The van der Waals surface area contributed by atoms with E-state index >= 15 is 0 Å². The van der Waals surface area contributed by atoms with Gasteiger partial charge in [0.25, 0.3) is 0 Å². The van der Waals surface area contributed by atoms with E-state index in [9.17, 15) is 4.39 Å². The van der Waals surface area contributed by atoms with E-state index in [0.29, 0.717) is 48.0 Å². The van der Waals surface area contributed by atoms with Crippen molar-refractivity contribution in [3.05, 3.63) is 47.1 Å². The second-order valence-electron chi connectivity index (χ2n) is 9.66. The lowest BCUT2D eigenvalue weighted by molar-refractivity contribution is 0.370. The van der Waals surface area contributed by atoms with Crippen LogP contribution in [0.1, 0.15) is 32.4 Å². The first-order valence-electron chi connectivity index (χ1n) is 11.7. The minimum Gasteiger partial charge on any atom is -0.424 e. The quantitative estimate of drug-likeness (QED) is 0.507. The van der Waals surface area contributed by atoms with Crippen LogP contribution >= 0.6 is 11.6 Å². The smallest absolute Gasteiger partial charge is 0.322 e. The summed E-state index contributed by atoms with van der Waals surface area (Å²) in [6, 6.07) is 6.97. The Morgan fingerprint density at radius 3 is 2.62 bits per heavy atom. The van der Waals surface area contributed by atoms with E-state index in [1.165, 1.54) is 18.2 Å². The van der Waals surface area contributed by atoms with E-state index in [4.69, 9.17) is 21.4 Å². The lowest BCUT2D eigenvalue weighted by atomic mass is 9.92. The summed E-state index contributed by atoms with van der Waals surface area (Å²) in [7, 11) is 0. The maximum Gasteiger partial charge on any atom is 0.322 e. The number of rotatable bonds is 7. The van der Waals surface area contributed by atoms with Crippen LogP contribution in [-0.4, -0.2) is 43.9 Å². The van der Waals surface area contributed by atoms with Gasteiger partial charge in [-0.15, -0.1) is 5.10 Å². The van der Waals surface area contributed by atoms with Gasteiger partial charge in [0.1, 0.15) is 23.7 Å². The number of hydrogen-bond donors (Lipinski definition) is 1. The standard InChI is InChI=1S/C24H29ClFN7O/c1-14(2)10-33-24(34-18-6-7-20(26)19(25)9-18)30-23(31-33)29-22-16-4-5-17(22)12-32(11-16)21-8-15(3)27-13-28-21/h6-9,13-14,16-17,22H,4-5,10-12H2,1-3H3,(H,29,31). The third-order valence-corrected chi connectivity index (χ3v) is 6.81. The monoisotopic (exact) mass is 485 g/mol. The number of benzene rings is 1. The van der Waals surface area contributed by atoms with Crippen LogP contribution in [0.15, 0.2) is 30.6 Å². The number of piperidine rings is 1. The molecule has 34 heavy (non-hydrogen) atoms. The van der Waals surface area contributed by atoms with Crippen molar-refractivity contribution in [3.8, 4) is 11.8 Å². The minimum absolute atomic E-state index is 0.00740. The van der Waals surface area contributed by atoms with Crippen LogP contribution in [0.25, 0.3) is 0 Å². The molecule has 3 aromatic rings. The summed E-state index contributed by atoms with van der Waals surface area (Å²) in [6.45, 7) is 8.74. The minimum atomic E-state index is -0.487. The summed E-state index contributed by atoms with van der Waals surface area (Å²) in [6.07, 6.45) is 3.96. The molecule has 1 N–H and O–H groups in total. The fraction of sp³-hybridized carbons (Fsp3) is 0.500. The summed E-state index contributed by atoms with van der Waals surface area (Å²) < 4.78 is 21.2. The lowest BCUT2D eigenvalue weighted by Crippen LogP contribution is -2.48. The Hall–Kier alpha value is -2.94. The fourth-order valence-electron chi connectivity index (χ4n) is 4.98. The average molecular weight is 486 g/mol. The molecular weight excluding hydrogens is 457 g/mol. The highest BCUT2D eigenvalue weighted by Gasteiger charge is 2.43. The number of ether oxygens (including phenoxy) is 1. The van der Waals surface area contributed by atoms with Gasteiger partial charge in [0.05, 0.1) is 5.02 Å². The molecule has 2 aromatic heterocycles. The highest BCUT2D eigenvalue weighted by Crippen LogP contribution is 2.40. The van der Waals surface area contributed by atoms with E-state index in [-0.39, 0.29) is 5.02 Å². The van der Waals surface area contributed by atoms with Crippen molar-refractivity contribution in [1.82, 2.24) is 24.7 Å². The number of halogens is 2. The number of nitrogens with one attached hydrogen (secondary N) is 1. The zero-order chi connectivity index (χ0) is 23.8. The molecular formula is C24H29ClFN7O. The molecule has 1 saturated carbocycles. The topological polar surface area (TPSA) is 81.0 Å². The van der Waals surface area contributed by atoms with Crippen molar-refractivity contribution in [2.24, 2.45) is 17.8 Å². The van der Waals surface area contributed by atoms with Gasteiger partial charge in [-0.05, 0) is 49.7 Å². The van der Waals surface area contributed by atoms with E-state index in [1.807, 2.05) is 13.0 Å². The van der Waals surface area contributed by atoms with Gasteiger partial charge in [-0.25, -0.2) is 19.0 Å². The second kappa shape index (κ2) is 9.37. The van der Waals surface area contributed by atoms with E-state index < -0.39 is 5.82 Å². The molecule has 5 rings (SSSR count). The van der Waals surface area contributed by atoms with Crippen LogP contribution in [0.3, 0.4) is 0 Å². The molecule has 2 aliphatic rings. The lowest BCUT2D eigenvalue weighted by Gasteiger charge is -2.38. The zero-order valence-corrected chi connectivity index (χ0v) is 20.3. The molecule has 2 unspecified atom stereocenters. The Kier molecular flexibility index (Phi) is 6.29. The number of hydrogen-bond acceptors (Lipinski definition) is 7. The van der Waals surface area contributed by atoms with Gasteiger partial charge in [-0.1, -0.05) is 25.4 Å². The van der Waals surface area contributed by atoms with E-state index in [0.717, 1.165) is 37.4 Å². The third kappa shape index (κ3) is 4.80. The molecule has 10 heteroatoms. The number of aromatic nitrogens is 5. The maximum absolute atomic E-state index is 13.5. The van der Waals surface area contributed by atoms with E-state index in [2.05, 4.69) is 39.0 Å². The number of aryl methyl sites for hydroxylation is 1. The molecule has 1 aliphatic heterocycles. The molecule has 2 bridgehead atoms. The predicted octanol–water partition coefficient (Wildman–Crippen LogP) is 4.94. The summed E-state index contributed by atoms with van der Waals surface area (Å²) in [5, 5.41) is 8.30. The van der Waals surface area contributed by atoms with Crippen molar-refractivity contribution in [3.63, 3.8) is 0 Å². The van der Waals surface area contributed by atoms with Crippen molar-refractivity contribution >= 4 is 23.4 Å². The van der Waals surface area contributed by atoms with Crippen LogP contribution < -0.4 is 15.0 Å². The summed E-state index contributed by atoms with van der Waals surface area (Å²) >= 11 is 5.92. The Bertz CT molecular complexity index is 1160. The largest absolute Gasteiger partial charge is 0.424 e. The van der Waals surface area contributed by atoms with Crippen molar-refractivity contribution in [1.29, 1.82) is 0 Å². The Balaban J connectivity index is 1.33. The molecule has 1 aliphatic carbocycles.